The molecule has 13 heteroatoms. The Morgan fingerprint density at radius 2 is 1.36 bits per heavy atom. The molecule has 12 nitrogen and oxygen atoms in total. The molecule has 0 aliphatic carbocycles. The molecule has 2 saturated heterocycles. The highest BCUT2D eigenvalue weighted by atomic mass is 32.3. The zero-order valence-electron chi connectivity index (χ0n) is 13.3. The third-order valence-electron chi connectivity index (χ3n) is 4.11. The predicted octanol–water partition coefficient (Wildman–Crippen LogP) is -3.51. The fourth-order valence-corrected chi connectivity index (χ4v) is 3.18. The lowest BCUT2D eigenvalue weighted by molar-refractivity contribution is -0.353. The van der Waals surface area contributed by atoms with Gasteiger partial charge in [0.1, 0.15) is 36.6 Å². The van der Waals surface area contributed by atoms with E-state index in [0.29, 0.717) is 0 Å². The second-order valence-corrected chi connectivity index (χ2v) is 7.04. The molecule has 2 heterocycles. The van der Waals surface area contributed by atoms with E-state index in [4.69, 9.17) is 18.8 Å². The number of hydrogen-bond acceptors (Lipinski definition) is 11. The predicted molar refractivity (Wildman–Crippen MR) is 76.2 cm³/mol. The van der Waals surface area contributed by atoms with Gasteiger partial charge in [0.25, 0.3) is 0 Å². The zero-order chi connectivity index (χ0) is 19.1. The van der Waals surface area contributed by atoms with Gasteiger partial charge in [-0.15, -0.1) is 0 Å². The molecule has 0 saturated carbocycles. The molecule has 0 amide bonds. The van der Waals surface area contributed by atoms with Crippen molar-refractivity contribution in [3.63, 3.8) is 0 Å². The van der Waals surface area contributed by atoms with Crippen LogP contribution in [0.15, 0.2) is 0 Å². The standard InChI is InChI=1S/C12H22O12S/c1-3-5(13)7(15)8(16)12(22-3)23-10-9(24-25(18,19)20)6(14)4(2)21-11(10)17/h3-17H,1-2H3,(H,18,19,20)/t3-,4-,5+,6+,7+,8-,9+,10-,11?,12?/m0/s1. The quantitative estimate of drug-likeness (QED) is 0.260. The van der Waals surface area contributed by atoms with E-state index >= 15 is 0 Å². The molecule has 0 aromatic rings. The number of aliphatic hydroxyl groups is 5. The second-order valence-electron chi connectivity index (χ2n) is 5.99. The van der Waals surface area contributed by atoms with Gasteiger partial charge in [-0.1, -0.05) is 0 Å². The Morgan fingerprint density at radius 1 is 0.800 bits per heavy atom. The Hall–Kier alpha value is -0.450. The van der Waals surface area contributed by atoms with Crippen LogP contribution in [0.5, 0.6) is 0 Å². The number of rotatable bonds is 4. The zero-order valence-corrected chi connectivity index (χ0v) is 14.1. The van der Waals surface area contributed by atoms with E-state index < -0.39 is 71.8 Å². The van der Waals surface area contributed by atoms with Crippen molar-refractivity contribution in [2.24, 2.45) is 0 Å². The lowest BCUT2D eigenvalue weighted by Crippen LogP contribution is -2.63. The minimum atomic E-state index is -5.02. The van der Waals surface area contributed by atoms with Crippen molar-refractivity contribution in [1.29, 1.82) is 0 Å². The summed E-state index contributed by atoms with van der Waals surface area (Å²) >= 11 is 0. The molecule has 2 fully saturated rings. The summed E-state index contributed by atoms with van der Waals surface area (Å²) in [5, 5.41) is 49.3. The van der Waals surface area contributed by atoms with Crippen molar-refractivity contribution in [2.75, 3.05) is 0 Å². The molecule has 2 aliphatic rings. The maximum absolute atomic E-state index is 11.0. The molecule has 0 radical (unpaired) electrons. The van der Waals surface area contributed by atoms with Crippen LogP contribution in [0.1, 0.15) is 13.8 Å². The van der Waals surface area contributed by atoms with E-state index in [1.807, 2.05) is 0 Å². The van der Waals surface area contributed by atoms with Crippen LogP contribution in [-0.4, -0.2) is 99.9 Å². The fourth-order valence-electron chi connectivity index (χ4n) is 2.68. The molecule has 6 N–H and O–H groups in total. The Bertz CT molecular complexity index is 554. The first kappa shape index (κ1) is 20.9. The fraction of sp³-hybridized carbons (Fsp3) is 1.00. The highest BCUT2D eigenvalue weighted by Gasteiger charge is 2.50. The molecule has 0 bridgehead atoms. The van der Waals surface area contributed by atoms with Gasteiger partial charge in [-0.05, 0) is 13.8 Å². The average Bonchev–Trinajstić information content (AvgIpc) is 2.50. The summed E-state index contributed by atoms with van der Waals surface area (Å²) in [6.07, 6.45) is -15.3. The third kappa shape index (κ3) is 4.64. The number of hydrogen-bond donors (Lipinski definition) is 6. The average molecular weight is 390 g/mol. The highest BCUT2D eigenvalue weighted by Crippen LogP contribution is 2.30. The van der Waals surface area contributed by atoms with Crippen LogP contribution >= 0.6 is 0 Å². The van der Waals surface area contributed by atoms with Gasteiger partial charge in [-0.25, -0.2) is 4.18 Å². The van der Waals surface area contributed by atoms with E-state index in [9.17, 15) is 34.0 Å². The largest absolute Gasteiger partial charge is 0.397 e. The molecule has 0 aromatic carbocycles. The van der Waals surface area contributed by atoms with Crippen molar-refractivity contribution < 1.29 is 56.9 Å². The second kappa shape index (κ2) is 7.66. The first-order valence-electron chi connectivity index (χ1n) is 7.44. The summed E-state index contributed by atoms with van der Waals surface area (Å²) in [7, 11) is -5.02. The van der Waals surface area contributed by atoms with Gasteiger partial charge in [0.2, 0.25) is 0 Å². The van der Waals surface area contributed by atoms with Crippen LogP contribution in [0, 0.1) is 0 Å². The van der Waals surface area contributed by atoms with E-state index in [1.165, 1.54) is 13.8 Å². The molecule has 10 atom stereocenters. The first-order chi connectivity index (χ1) is 11.4. The smallest absolute Gasteiger partial charge is 0.388 e. The third-order valence-corrected chi connectivity index (χ3v) is 4.57. The summed E-state index contributed by atoms with van der Waals surface area (Å²) in [6, 6.07) is 0. The van der Waals surface area contributed by atoms with Gasteiger partial charge in [0.15, 0.2) is 12.6 Å². The van der Waals surface area contributed by atoms with Crippen molar-refractivity contribution in [1.82, 2.24) is 0 Å². The van der Waals surface area contributed by atoms with Gasteiger partial charge >= 0.3 is 10.4 Å². The molecule has 0 spiro atoms. The summed E-state index contributed by atoms with van der Waals surface area (Å²) in [4.78, 5) is 0. The minimum absolute atomic E-state index is 0.963. The van der Waals surface area contributed by atoms with E-state index in [1.54, 1.807) is 0 Å². The lowest BCUT2D eigenvalue weighted by Gasteiger charge is -2.45. The normalized spacial score (nSPS) is 49.1. The minimum Gasteiger partial charge on any atom is -0.388 e. The van der Waals surface area contributed by atoms with Gasteiger partial charge < -0.3 is 39.7 Å². The molecular weight excluding hydrogens is 368 g/mol. The topological polar surface area (TPSA) is 192 Å². The Morgan fingerprint density at radius 3 is 1.92 bits per heavy atom. The van der Waals surface area contributed by atoms with Crippen LogP contribution in [0.25, 0.3) is 0 Å². The first-order valence-corrected chi connectivity index (χ1v) is 8.81. The van der Waals surface area contributed by atoms with Crippen molar-refractivity contribution in [3.05, 3.63) is 0 Å². The Labute approximate surface area is 143 Å². The Balaban J connectivity index is 2.21. The SMILES string of the molecule is C[C@@H]1OC(O[C@@H]2C(O)O[C@@H](C)[C@@H](O)[C@H]2OS(=O)(=O)O)[C@@H](O)[C@H](O)[C@@H]1O. The summed E-state index contributed by atoms with van der Waals surface area (Å²) in [5.41, 5.74) is 0. The summed E-state index contributed by atoms with van der Waals surface area (Å²) in [6.45, 7) is 2.70. The molecule has 25 heavy (non-hydrogen) atoms. The van der Waals surface area contributed by atoms with Crippen molar-refractivity contribution >= 4 is 10.4 Å². The lowest BCUT2D eigenvalue weighted by atomic mass is 9.98. The van der Waals surface area contributed by atoms with Crippen LogP contribution in [0.2, 0.25) is 0 Å². The molecule has 2 rings (SSSR count). The van der Waals surface area contributed by atoms with Crippen molar-refractivity contribution in [2.45, 2.75) is 75.3 Å². The molecule has 148 valence electrons. The monoisotopic (exact) mass is 390 g/mol. The summed E-state index contributed by atoms with van der Waals surface area (Å²) in [5.74, 6) is 0. The van der Waals surface area contributed by atoms with Crippen molar-refractivity contribution in [3.8, 4) is 0 Å². The molecular formula is C12H22O12S. The number of aliphatic hydroxyl groups excluding tert-OH is 5. The van der Waals surface area contributed by atoms with E-state index in [-0.39, 0.29) is 0 Å². The van der Waals surface area contributed by atoms with Crippen LogP contribution < -0.4 is 0 Å². The van der Waals surface area contributed by atoms with E-state index in [2.05, 4.69) is 4.18 Å². The maximum Gasteiger partial charge on any atom is 0.397 e. The van der Waals surface area contributed by atoms with Gasteiger partial charge in [0, 0.05) is 0 Å². The van der Waals surface area contributed by atoms with Crippen LogP contribution in [0.3, 0.4) is 0 Å². The van der Waals surface area contributed by atoms with E-state index in [0.717, 1.165) is 0 Å². The molecule has 2 unspecified atom stereocenters. The maximum atomic E-state index is 11.0. The van der Waals surface area contributed by atoms with Crippen LogP contribution in [-0.2, 0) is 28.8 Å². The number of ether oxygens (including phenoxy) is 3. The Kier molecular flexibility index (Phi) is 6.39. The van der Waals surface area contributed by atoms with Gasteiger partial charge in [-0.3, -0.25) is 4.55 Å². The van der Waals surface area contributed by atoms with Gasteiger partial charge in [0.05, 0.1) is 12.2 Å². The summed E-state index contributed by atoms with van der Waals surface area (Å²) < 4.78 is 50.6. The molecule has 2 aliphatic heterocycles. The van der Waals surface area contributed by atoms with Gasteiger partial charge in [-0.2, -0.15) is 8.42 Å². The molecule has 0 aromatic heterocycles. The van der Waals surface area contributed by atoms with Crippen LogP contribution in [0.4, 0.5) is 0 Å². The highest BCUT2D eigenvalue weighted by molar-refractivity contribution is 7.80.